The lowest BCUT2D eigenvalue weighted by molar-refractivity contribution is 0.0950. The van der Waals surface area contributed by atoms with E-state index in [0.29, 0.717) is 22.6 Å². The molecule has 7 nitrogen and oxygen atoms in total. The van der Waals surface area contributed by atoms with Crippen LogP contribution in [0, 0.1) is 12.7 Å². The van der Waals surface area contributed by atoms with Gasteiger partial charge in [-0.1, -0.05) is 25.3 Å². The number of carbonyl (C=O) groups is 1. The molecule has 1 aliphatic rings. The topological polar surface area (TPSA) is 84.3 Å². The average molecular weight is 485 g/mol. The number of rotatable bonds is 7. The second-order valence-corrected chi connectivity index (χ2v) is 10.6. The van der Waals surface area contributed by atoms with Crippen LogP contribution in [0.2, 0.25) is 0 Å². The van der Waals surface area contributed by atoms with Crippen LogP contribution in [0.25, 0.3) is 5.69 Å². The first kappa shape index (κ1) is 24.1. The quantitative estimate of drug-likeness (QED) is 0.545. The van der Waals surface area contributed by atoms with Crippen LogP contribution in [0.4, 0.5) is 4.39 Å². The molecule has 1 aliphatic carbocycles. The fourth-order valence-electron chi connectivity index (χ4n) is 4.36. The van der Waals surface area contributed by atoms with E-state index in [0.717, 1.165) is 32.1 Å². The highest BCUT2D eigenvalue weighted by molar-refractivity contribution is 7.89. The molecule has 1 heterocycles. The number of hydrogen-bond acceptors (Lipinski definition) is 4. The molecule has 2 aromatic carbocycles. The van der Waals surface area contributed by atoms with Gasteiger partial charge in [0.05, 0.1) is 10.6 Å². The third kappa shape index (κ3) is 5.05. The molecule has 0 saturated heterocycles. The lowest BCUT2D eigenvalue weighted by atomic mass is 9.96. The Kier molecular flexibility index (Phi) is 7.13. The Hall–Kier alpha value is -3.04. The highest BCUT2D eigenvalue weighted by Crippen LogP contribution is 2.26. The second kappa shape index (κ2) is 10.1. The number of nitrogens with one attached hydrogen (secondary N) is 1. The lowest BCUT2D eigenvalue weighted by Crippen LogP contribution is -2.38. The SMILES string of the molecule is Cc1nccn1-c1ccc(CNC(=O)c2ccc(S(=O)(=O)N(C)C3CCCCC3)cc2)cc1F. The second-order valence-electron chi connectivity index (χ2n) is 8.65. The van der Waals surface area contributed by atoms with Crippen molar-refractivity contribution < 1.29 is 17.6 Å². The molecule has 0 bridgehead atoms. The van der Waals surface area contributed by atoms with E-state index < -0.39 is 15.8 Å². The zero-order valence-electron chi connectivity index (χ0n) is 19.4. The van der Waals surface area contributed by atoms with Crippen molar-refractivity contribution in [1.82, 2.24) is 19.2 Å². The van der Waals surface area contributed by atoms with Gasteiger partial charge >= 0.3 is 0 Å². The van der Waals surface area contributed by atoms with Gasteiger partial charge in [-0.3, -0.25) is 4.79 Å². The molecule has 1 saturated carbocycles. The van der Waals surface area contributed by atoms with Gasteiger partial charge < -0.3 is 9.88 Å². The molecule has 0 spiro atoms. The minimum absolute atomic E-state index is 0.0196. The summed E-state index contributed by atoms with van der Waals surface area (Å²) in [6, 6.07) is 10.7. The standard InChI is InChI=1S/C25H29FN4O3S/c1-18-27-14-15-30(18)24-13-8-19(16-23(24)26)17-28-25(31)20-9-11-22(12-10-20)34(32,33)29(2)21-6-4-3-5-7-21/h8-16,21H,3-7,17H2,1-2H3,(H,28,31). The van der Waals surface area contributed by atoms with Crippen LogP contribution in [0.5, 0.6) is 0 Å². The normalized spacial score (nSPS) is 14.9. The smallest absolute Gasteiger partial charge is 0.251 e. The van der Waals surface area contributed by atoms with Gasteiger partial charge in [0, 0.05) is 37.6 Å². The molecule has 0 radical (unpaired) electrons. The Bertz CT molecular complexity index is 1270. The van der Waals surface area contributed by atoms with Crippen molar-refractivity contribution in [3.63, 3.8) is 0 Å². The molecule has 1 fully saturated rings. The molecule has 0 aliphatic heterocycles. The molecule has 1 amide bonds. The number of aryl methyl sites for hydroxylation is 1. The van der Waals surface area contributed by atoms with E-state index in [9.17, 15) is 17.6 Å². The fourth-order valence-corrected chi connectivity index (χ4v) is 5.77. The summed E-state index contributed by atoms with van der Waals surface area (Å²) in [5.74, 6) is -0.0978. The van der Waals surface area contributed by atoms with Crippen molar-refractivity contribution in [3.8, 4) is 5.69 Å². The third-order valence-corrected chi connectivity index (χ3v) is 8.36. The van der Waals surface area contributed by atoms with Gasteiger partial charge in [0.1, 0.15) is 11.6 Å². The molecule has 9 heteroatoms. The van der Waals surface area contributed by atoms with Crippen molar-refractivity contribution in [2.45, 2.75) is 56.5 Å². The van der Waals surface area contributed by atoms with E-state index >= 15 is 0 Å². The molecular formula is C25H29FN4O3S. The Morgan fingerprint density at radius 1 is 1.15 bits per heavy atom. The van der Waals surface area contributed by atoms with E-state index in [1.807, 2.05) is 0 Å². The van der Waals surface area contributed by atoms with Gasteiger partial charge in [-0.15, -0.1) is 0 Å². The Morgan fingerprint density at radius 3 is 2.47 bits per heavy atom. The predicted octanol–water partition coefficient (Wildman–Crippen LogP) is 4.20. The summed E-state index contributed by atoms with van der Waals surface area (Å²) < 4.78 is 43.6. The summed E-state index contributed by atoms with van der Waals surface area (Å²) in [7, 11) is -1.98. The van der Waals surface area contributed by atoms with Crippen molar-refractivity contribution in [2.24, 2.45) is 0 Å². The lowest BCUT2D eigenvalue weighted by Gasteiger charge is -2.30. The number of hydrogen-bond donors (Lipinski definition) is 1. The number of halogens is 1. The largest absolute Gasteiger partial charge is 0.348 e. The van der Waals surface area contributed by atoms with Crippen LogP contribution in [-0.4, -0.2) is 41.3 Å². The summed E-state index contributed by atoms with van der Waals surface area (Å²) in [5.41, 5.74) is 1.34. The number of imidazole rings is 1. The van der Waals surface area contributed by atoms with Crippen molar-refractivity contribution in [1.29, 1.82) is 0 Å². The summed E-state index contributed by atoms with van der Waals surface area (Å²) >= 11 is 0. The molecule has 1 aromatic heterocycles. The molecule has 34 heavy (non-hydrogen) atoms. The Morgan fingerprint density at radius 2 is 1.85 bits per heavy atom. The number of aromatic nitrogens is 2. The summed E-state index contributed by atoms with van der Waals surface area (Å²) in [5, 5.41) is 2.76. The first-order valence-electron chi connectivity index (χ1n) is 11.4. The average Bonchev–Trinajstić information content (AvgIpc) is 3.28. The van der Waals surface area contributed by atoms with Crippen molar-refractivity contribution >= 4 is 15.9 Å². The highest BCUT2D eigenvalue weighted by atomic mass is 32.2. The number of nitrogens with zero attached hydrogens (tertiary/aromatic N) is 3. The van der Waals surface area contributed by atoms with Crippen LogP contribution >= 0.6 is 0 Å². The fraction of sp³-hybridized carbons (Fsp3) is 0.360. The summed E-state index contributed by atoms with van der Waals surface area (Å²) in [6.07, 6.45) is 8.27. The van der Waals surface area contributed by atoms with E-state index in [1.165, 1.54) is 34.6 Å². The maximum atomic E-state index is 14.6. The van der Waals surface area contributed by atoms with Crippen LogP contribution < -0.4 is 5.32 Å². The molecule has 0 atom stereocenters. The number of carbonyl (C=O) groups excluding carboxylic acids is 1. The maximum absolute atomic E-state index is 14.6. The van der Waals surface area contributed by atoms with E-state index in [-0.39, 0.29) is 23.4 Å². The van der Waals surface area contributed by atoms with E-state index in [2.05, 4.69) is 10.3 Å². The van der Waals surface area contributed by atoms with Gasteiger partial charge in [-0.2, -0.15) is 4.31 Å². The van der Waals surface area contributed by atoms with Gasteiger partial charge in [0.25, 0.3) is 5.91 Å². The zero-order valence-corrected chi connectivity index (χ0v) is 20.2. The highest BCUT2D eigenvalue weighted by Gasteiger charge is 2.29. The van der Waals surface area contributed by atoms with Crippen LogP contribution in [0.1, 0.15) is 53.8 Å². The molecule has 0 unspecified atom stereocenters. The van der Waals surface area contributed by atoms with Gasteiger partial charge in [0.15, 0.2) is 0 Å². The maximum Gasteiger partial charge on any atom is 0.251 e. The zero-order chi connectivity index (χ0) is 24.3. The molecule has 180 valence electrons. The Labute approximate surface area is 199 Å². The van der Waals surface area contributed by atoms with Crippen LogP contribution in [0.3, 0.4) is 0 Å². The van der Waals surface area contributed by atoms with E-state index in [1.54, 1.807) is 43.1 Å². The summed E-state index contributed by atoms with van der Waals surface area (Å²) in [4.78, 5) is 16.8. The predicted molar refractivity (Wildman–Crippen MR) is 128 cm³/mol. The van der Waals surface area contributed by atoms with E-state index in [4.69, 9.17) is 0 Å². The first-order valence-corrected chi connectivity index (χ1v) is 12.9. The first-order chi connectivity index (χ1) is 16.3. The molecule has 1 N–H and O–H groups in total. The van der Waals surface area contributed by atoms with Gasteiger partial charge in [-0.05, 0) is 61.7 Å². The summed E-state index contributed by atoms with van der Waals surface area (Å²) in [6.45, 7) is 1.93. The number of sulfonamides is 1. The molecule has 3 aromatic rings. The number of benzene rings is 2. The van der Waals surface area contributed by atoms with Crippen molar-refractivity contribution in [3.05, 3.63) is 77.6 Å². The third-order valence-electron chi connectivity index (χ3n) is 6.43. The number of amides is 1. The monoisotopic (exact) mass is 484 g/mol. The van der Waals surface area contributed by atoms with Crippen LogP contribution in [0.15, 0.2) is 59.8 Å². The van der Waals surface area contributed by atoms with Crippen molar-refractivity contribution in [2.75, 3.05) is 7.05 Å². The minimum Gasteiger partial charge on any atom is -0.348 e. The van der Waals surface area contributed by atoms with Gasteiger partial charge in [-0.25, -0.2) is 17.8 Å². The molecular weight excluding hydrogens is 455 g/mol. The minimum atomic E-state index is -3.61. The Balaban J connectivity index is 1.39. The molecule has 4 rings (SSSR count). The van der Waals surface area contributed by atoms with Crippen LogP contribution in [-0.2, 0) is 16.6 Å². The van der Waals surface area contributed by atoms with Gasteiger partial charge in [0.2, 0.25) is 10.0 Å².